The quantitative estimate of drug-likeness (QED) is 0.834. The number of hydrogen-bond acceptors (Lipinski definition) is 3. The molecule has 0 aromatic heterocycles. The lowest BCUT2D eigenvalue weighted by Gasteiger charge is -2.33. The highest BCUT2D eigenvalue weighted by Crippen LogP contribution is 2.42. The van der Waals surface area contributed by atoms with E-state index in [0.717, 1.165) is 24.4 Å². The Kier molecular flexibility index (Phi) is 5.14. The molecule has 0 radical (unpaired) electrons. The fourth-order valence-corrected chi connectivity index (χ4v) is 4.58. The Hall–Kier alpha value is -0.120. The molecule has 1 aliphatic heterocycles. The molecule has 20 heavy (non-hydrogen) atoms. The van der Waals surface area contributed by atoms with Crippen molar-refractivity contribution < 1.29 is 0 Å². The highest BCUT2D eigenvalue weighted by Gasteiger charge is 2.43. The van der Waals surface area contributed by atoms with E-state index in [1.165, 1.54) is 32.5 Å². The predicted octanol–water partition coefficient (Wildman–Crippen LogP) is 2.28. The van der Waals surface area contributed by atoms with Gasteiger partial charge in [0.1, 0.15) is 0 Å². The molecule has 0 spiro atoms. The van der Waals surface area contributed by atoms with Gasteiger partial charge >= 0.3 is 0 Å². The van der Waals surface area contributed by atoms with E-state index in [0.29, 0.717) is 11.5 Å². The molecule has 118 valence electrons. The summed E-state index contributed by atoms with van der Waals surface area (Å²) in [6.07, 6.45) is 2.76. The smallest absolute Gasteiger partial charge is 0.0254 e. The topological polar surface area (TPSA) is 18.5 Å². The van der Waals surface area contributed by atoms with E-state index in [2.05, 4.69) is 56.9 Å². The summed E-state index contributed by atoms with van der Waals surface area (Å²) in [7, 11) is 4.45. The molecule has 0 aromatic rings. The Morgan fingerprint density at radius 1 is 1.25 bits per heavy atom. The van der Waals surface area contributed by atoms with Crippen LogP contribution in [0.3, 0.4) is 0 Å². The Morgan fingerprint density at radius 3 is 2.50 bits per heavy atom. The van der Waals surface area contributed by atoms with E-state index in [4.69, 9.17) is 0 Å². The summed E-state index contributed by atoms with van der Waals surface area (Å²) in [5.74, 6) is 1.63. The number of likely N-dealkylation sites (tertiary alicyclic amines) is 1. The van der Waals surface area contributed by atoms with E-state index < -0.39 is 0 Å². The minimum atomic E-state index is 0.465. The molecule has 2 rings (SSSR count). The van der Waals surface area contributed by atoms with Crippen LogP contribution in [0, 0.1) is 17.3 Å². The molecule has 1 heterocycles. The van der Waals surface area contributed by atoms with Crippen molar-refractivity contribution >= 4 is 0 Å². The maximum atomic E-state index is 3.77. The van der Waals surface area contributed by atoms with E-state index in [1.807, 2.05) is 0 Å². The first-order chi connectivity index (χ1) is 9.35. The van der Waals surface area contributed by atoms with Crippen molar-refractivity contribution in [3.05, 3.63) is 0 Å². The Bertz CT molecular complexity index is 313. The van der Waals surface area contributed by atoms with Gasteiger partial charge in [0.25, 0.3) is 0 Å². The Balaban J connectivity index is 1.93. The van der Waals surface area contributed by atoms with Crippen LogP contribution in [0.5, 0.6) is 0 Å². The van der Waals surface area contributed by atoms with Crippen LogP contribution in [-0.2, 0) is 0 Å². The summed E-state index contributed by atoms with van der Waals surface area (Å²) < 4.78 is 0. The largest absolute Gasteiger partial charge is 0.313 e. The summed E-state index contributed by atoms with van der Waals surface area (Å²) in [5.41, 5.74) is 0.465. The van der Waals surface area contributed by atoms with Crippen molar-refractivity contribution in [3.63, 3.8) is 0 Å². The maximum absolute atomic E-state index is 3.77. The number of nitrogens with zero attached hydrogens (tertiary/aromatic N) is 2. The molecule has 0 aromatic carbocycles. The monoisotopic (exact) mass is 281 g/mol. The molecule has 4 atom stereocenters. The van der Waals surface area contributed by atoms with Crippen LogP contribution in [0.1, 0.15) is 40.5 Å². The Labute approximate surface area is 126 Å². The summed E-state index contributed by atoms with van der Waals surface area (Å²) in [6, 6.07) is 1.43. The van der Waals surface area contributed by atoms with Gasteiger partial charge in [0, 0.05) is 31.7 Å². The molecule has 0 amide bonds. The van der Waals surface area contributed by atoms with Crippen molar-refractivity contribution in [1.29, 1.82) is 0 Å². The fourth-order valence-electron chi connectivity index (χ4n) is 4.58. The first-order valence-corrected chi connectivity index (χ1v) is 8.47. The lowest BCUT2D eigenvalue weighted by Crippen LogP contribution is -2.45. The third-order valence-corrected chi connectivity index (χ3v) is 5.70. The zero-order chi connectivity index (χ0) is 14.9. The minimum Gasteiger partial charge on any atom is -0.313 e. The van der Waals surface area contributed by atoms with Crippen LogP contribution in [0.4, 0.5) is 0 Å². The lowest BCUT2D eigenvalue weighted by molar-refractivity contribution is 0.196. The third kappa shape index (κ3) is 3.37. The van der Waals surface area contributed by atoms with Crippen molar-refractivity contribution in [2.24, 2.45) is 17.3 Å². The molecular formula is C17H35N3. The standard InChI is InChI=1S/C17H35N3/c1-7-18-16-14(8-9-17(16,3)4)11-20-10-13(2)15(12-20)19(5)6/h13-16,18H,7-12H2,1-6H3. The van der Waals surface area contributed by atoms with Gasteiger partial charge < -0.3 is 15.1 Å². The van der Waals surface area contributed by atoms with Crippen LogP contribution >= 0.6 is 0 Å². The first kappa shape index (κ1) is 16.3. The van der Waals surface area contributed by atoms with Gasteiger partial charge in [-0.25, -0.2) is 0 Å². The average Bonchev–Trinajstić information content (AvgIpc) is 2.84. The van der Waals surface area contributed by atoms with Crippen molar-refractivity contribution in [1.82, 2.24) is 15.1 Å². The van der Waals surface area contributed by atoms with E-state index in [-0.39, 0.29) is 0 Å². The van der Waals surface area contributed by atoms with Gasteiger partial charge in [0.2, 0.25) is 0 Å². The van der Waals surface area contributed by atoms with E-state index in [9.17, 15) is 0 Å². The molecule has 1 aliphatic carbocycles. The first-order valence-electron chi connectivity index (χ1n) is 8.47. The fraction of sp³-hybridized carbons (Fsp3) is 1.00. The van der Waals surface area contributed by atoms with Crippen LogP contribution in [0.15, 0.2) is 0 Å². The molecule has 2 fully saturated rings. The molecule has 1 N–H and O–H groups in total. The second-order valence-electron chi connectivity index (χ2n) is 8.05. The number of hydrogen-bond donors (Lipinski definition) is 1. The highest BCUT2D eigenvalue weighted by molar-refractivity contribution is 4.98. The lowest BCUT2D eigenvalue weighted by atomic mass is 9.84. The normalized spacial score (nSPS) is 38.0. The van der Waals surface area contributed by atoms with E-state index in [1.54, 1.807) is 0 Å². The number of rotatable bonds is 5. The van der Waals surface area contributed by atoms with Crippen LogP contribution < -0.4 is 5.32 Å². The molecule has 1 saturated heterocycles. The van der Waals surface area contributed by atoms with Gasteiger partial charge in [0.15, 0.2) is 0 Å². The van der Waals surface area contributed by atoms with Gasteiger partial charge in [-0.15, -0.1) is 0 Å². The minimum absolute atomic E-state index is 0.465. The second-order valence-corrected chi connectivity index (χ2v) is 8.05. The molecule has 3 heteroatoms. The highest BCUT2D eigenvalue weighted by atomic mass is 15.2. The molecule has 0 bridgehead atoms. The SMILES string of the molecule is CCNC1C(CN2CC(C)C(N(C)C)C2)CCC1(C)C. The van der Waals surface area contributed by atoms with Gasteiger partial charge in [0.05, 0.1) is 0 Å². The van der Waals surface area contributed by atoms with Crippen molar-refractivity contribution in [3.8, 4) is 0 Å². The van der Waals surface area contributed by atoms with Crippen LogP contribution in [0.2, 0.25) is 0 Å². The van der Waals surface area contributed by atoms with Gasteiger partial charge in [-0.3, -0.25) is 0 Å². The summed E-state index contributed by atoms with van der Waals surface area (Å²) in [5, 5.41) is 3.77. The summed E-state index contributed by atoms with van der Waals surface area (Å²) in [6.45, 7) is 14.4. The Morgan fingerprint density at radius 2 is 1.95 bits per heavy atom. The molecular weight excluding hydrogens is 246 g/mol. The second kappa shape index (κ2) is 6.33. The summed E-state index contributed by atoms with van der Waals surface area (Å²) >= 11 is 0. The van der Waals surface area contributed by atoms with Crippen LogP contribution in [0.25, 0.3) is 0 Å². The molecule has 3 nitrogen and oxygen atoms in total. The average molecular weight is 281 g/mol. The third-order valence-electron chi connectivity index (χ3n) is 5.70. The molecule has 4 unspecified atom stereocenters. The predicted molar refractivity (Wildman–Crippen MR) is 87.0 cm³/mol. The van der Waals surface area contributed by atoms with Crippen LogP contribution in [-0.4, -0.2) is 62.2 Å². The van der Waals surface area contributed by atoms with Crippen molar-refractivity contribution in [2.75, 3.05) is 40.3 Å². The number of likely N-dealkylation sites (N-methyl/N-ethyl adjacent to an activating group) is 1. The zero-order valence-corrected chi connectivity index (χ0v) is 14.4. The van der Waals surface area contributed by atoms with Crippen molar-refractivity contribution in [2.45, 2.75) is 52.6 Å². The summed E-state index contributed by atoms with van der Waals surface area (Å²) in [4.78, 5) is 5.12. The number of nitrogens with one attached hydrogen (secondary N) is 1. The van der Waals surface area contributed by atoms with Gasteiger partial charge in [-0.05, 0) is 50.7 Å². The maximum Gasteiger partial charge on any atom is 0.0254 e. The van der Waals surface area contributed by atoms with Gasteiger partial charge in [-0.2, -0.15) is 0 Å². The zero-order valence-electron chi connectivity index (χ0n) is 14.4. The van der Waals surface area contributed by atoms with E-state index >= 15 is 0 Å². The van der Waals surface area contributed by atoms with Gasteiger partial charge in [-0.1, -0.05) is 27.7 Å². The molecule has 2 aliphatic rings. The molecule has 1 saturated carbocycles.